The van der Waals surface area contributed by atoms with Gasteiger partial charge >= 0.3 is 18.1 Å². The first-order valence-electron chi connectivity index (χ1n) is 29.9. The maximum absolute atomic E-state index is 14.5. The van der Waals surface area contributed by atoms with Crippen LogP contribution in [0.4, 0.5) is 15.3 Å². The van der Waals surface area contributed by atoms with Crippen LogP contribution in [-0.2, 0) is 70.4 Å². The van der Waals surface area contributed by atoms with Gasteiger partial charge < -0.3 is 50.2 Å². The summed E-state index contributed by atoms with van der Waals surface area (Å²) in [4.78, 5) is 124. The van der Waals surface area contributed by atoms with Gasteiger partial charge in [0, 0.05) is 88.8 Å². The molecule has 2 saturated heterocycles. The zero-order valence-corrected chi connectivity index (χ0v) is 56.0. The molecule has 22 nitrogen and oxygen atoms in total. The number of alkyl halides is 1. The van der Waals surface area contributed by atoms with Crippen LogP contribution in [0, 0.1) is 24.7 Å². The fraction of sp³-hybridized carbons (Fsp3) is 0.578. The molecule has 89 heavy (non-hydrogen) atoms. The third kappa shape index (κ3) is 19.8. The van der Waals surface area contributed by atoms with Crippen molar-refractivity contribution in [3.63, 3.8) is 0 Å². The molecule has 490 valence electrons. The summed E-state index contributed by atoms with van der Waals surface area (Å²) in [6, 6.07) is 3.98. The molecule has 0 radical (unpaired) electrons. The molecular weight excluding hydrogens is 1260 g/mol. The van der Waals surface area contributed by atoms with E-state index in [4.69, 9.17) is 36.3 Å². The van der Waals surface area contributed by atoms with Crippen LogP contribution in [0.1, 0.15) is 139 Å². The van der Waals surface area contributed by atoms with Crippen LogP contribution in [0.25, 0.3) is 0 Å². The third-order valence-corrected chi connectivity index (χ3v) is 19.3. The Labute approximate surface area is 535 Å². The van der Waals surface area contributed by atoms with Crippen LogP contribution in [-0.4, -0.2) is 159 Å². The Hall–Kier alpha value is -6.31. The van der Waals surface area contributed by atoms with Crippen LogP contribution in [0.3, 0.4) is 0 Å². The van der Waals surface area contributed by atoms with Crippen molar-refractivity contribution < 1.29 is 75.6 Å². The number of sulfone groups is 1. The smallest absolute Gasteiger partial charge is 0.409 e. The molecule has 0 aliphatic carbocycles. The number of nitrogens with two attached hydrogens (primary N) is 1. The number of methoxy groups -OCH3 is 1. The van der Waals surface area contributed by atoms with Gasteiger partial charge in [0.05, 0.1) is 34.2 Å². The number of anilines is 1. The number of allylic oxidation sites excluding steroid dienone is 4. The number of carbonyl (C=O) groups excluding carboxylic acids is 9. The summed E-state index contributed by atoms with van der Waals surface area (Å²) >= 11 is 10.1. The van der Waals surface area contributed by atoms with Gasteiger partial charge in [0.1, 0.15) is 35.7 Å². The lowest BCUT2D eigenvalue weighted by Gasteiger charge is -2.42. The second-order valence-electron chi connectivity index (χ2n) is 24.3. The van der Waals surface area contributed by atoms with E-state index in [9.17, 15) is 56.7 Å². The standard InChI is InChI=1S/C64H88BrClN6O16S/c1-36(2)46(32-45(73)20-15-13-14-16-22-49(74)39(5)35-65)58(77)69-47(21-18-26-68-61(67)80)50(75)30-43-24-25-44(31-52(43)89(12,83)84)59(78)71(9)41(7)60(79)87-54-33-55(76)72(10)48-29-42(28-38(4)56(48)66)27-37(3)19-17-23-53(85-11)64(82)34-51(86-62(81)70-64)40(6)57-63(54,8)88-57/h17,19,23-25,28-29,31,36,40-41,46-47,51,53-54,57,82H,5,13-16,18,20-22,26-27,30,32-35H2,1-4,6-12H3,(H,69,77)(H,70,81)(H3,67,68,80)/b23-17+,37-19+/t40-,41+,46+,47+,51+,53-,54+,57+,63+,64+/m1/s1. The SMILES string of the molecule is C=C(CBr)C(=O)CCCCCCC(=O)C[C@H](C(=O)N[C@@H](CCCNC(N)=O)C(=O)Cc1ccc(C(=O)N(C)[C@@H](C)C(=O)O[C@H]2CC(=O)N(C)c3cc(cc(C)c3Cl)C/C(C)=C/C=C/[C@@H](OC)[C@@]3(O)C[C@H](OC(=O)N3)[C@@H](C)[C@@H]3O[C@@]23C)cc1S(C)(=O)=O)C(C)C. The van der Waals surface area contributed by atoms with E-state index in [1.165, 1.54) is 38.1 Å². The van der Waals surface area contributed by atoms with E-state index in [1.54, 1.807) is 53.0 Å². The number of carbonyl (C=O) groups is 9. The molecule has 4 bridgehead atoms. The molecule has 0 spiro atoms. The zero-order chi connectivity index (χ0) is 66.5. The maximum atomic E-state index is 14.5. The number of nitrogens with zero attached hydrogens (tertiary/aromatic N) is 2. The van der Waals surface area contributed by atoms with Crippen molar-refractivity contribution in [3.05, 3.63) is 93.6 Å². The Morgan fingerprint density at radius 2 is 1.71 bits per heavy atom. The number of Topliss-reactive ketones (excluding diaryl/α,β-unsaturated/α-hetero) is 3. The van der Waals surface area contributed by atoms with Gasteiger partial charge in [0.2, 0.25) is 11.8 Å². The number of benzene rings is 2. The molecular formula is C64H88BrClN6O16S. The second kappa shape index (κ2) is 32.1. The monoisotopic (exact) mass is 1340 g/mol. The number of ketones is 3. The van der Waals surface area contributed by atoms with Gasteiger partial charge in [0.25, 0.3) is 5.91 Å². The number of aryl methyl sites for hydroxylation is 1. The van der Waals surface area contributed by atoms with E-state index in [-0.39, 0.29) is 72.2 Å². The molecule has 3 aliphatic heterocycles. The Morgan fingerprint density at radius 3 is 2.34 bits per heavy atom. The van der Waals surface area contributed by atoms with Crippen molar-refractivity contribution in [1.82, 2.24) is 20.9 Å². The van der Waals surface area contributed by atoms with Crippen molar-refractivity contribution >= 4 is 96.2 Å². The van der Waals surface area contributed by atoms with E-state index in [0.717, 1.165) is 34.8 Å². The lowest BCUT2D eigenvalue weighted by molar-refractivity contribution is -0.158. The van der Waals surface area contributed by atoms with Gasteiger partial charge in [0.15, 0.2) is 27.1 Å². The summed E-state index contributed by atoms with van der Waals surface area (Å²) in [6.45, 7) is 15.8. The molecule has 5 rings (SSSR count). The number of likely N-dealkylation sites (N-methyl/N-ethyl adjacent to an activating group) is 1. The molecule has 2 aromatic rings. The van der Waals surface area contributed by atoms with Gasteiger partial charge in [-0.25, -0.2) is 22.8 Å². The predicted octanol–water partition coefficient (Wildman–Crippen LogP) is 7.67. The molecule has 2 aromatic carbocycles. The highest BCUT2D eigenvalue weighted by molar-refractivity contribution is 9.09. The summed E-state index contributed by atoms with van der Waals surface area (Å²) < 4.78 is 51.0. The number of ether oxygens (including phenoxy) is 4. The lowest BCUT2D eigenvalue weighted by Crippen LogP contribution is -2.63. The quantitative estimate of drug-likeness (QED) is 0.0188. The first kappa shape index (κ1) is 73.4. The number of hydrogen-bond donors (Lipinski definition) is 5. The molecule has 3 heterocycles. The number of alkyl carbamates (subject to hydrolysis) is 1. The minimum Gasteiger partial charge on any atom is -0.457 e. The summed E-state index contributed by atoms with van der Waals surface area (Å²) in [6.07, 6.45) is 3.68. The first-order valence-corrected chi connectivity index (χ1v) is 33.3. The number of esters is 1. The molecule has 0 saturated carbocycles. The van der Waals surface area contributed by atoms with Crippen molar-refractivity contribution in [2.45, 2.75) is 185 Å². The molecule has 0 unspecified atom stereocenters. The summed E-state index contributed by atoms with van der Waals surface area (Å²) in [5.41, 5.74) is 5.07. The number of hydrogen-bond acceptors (Lipinski definition) is 16. The van der Waals surface area contributed by atoms with Gasteiger partial charge in [-0.05, 0) is 106 Å². The number of halogens is 2. The van der Waals surface area contributed by atoms with Crippen molar-refractivity contribution in [2.75, 3.05) is 44.2 Å². The number of unbranched alkanes of at least 4 members (excludes halogenated alkanes) is 3. The Balaban J connectivity index is 1.37. The van der Waals surface area contributed by atoms with E-state index < -0.39 is 124 Å². The van der Waals surface area contributed by atoms with E-state index in [1.807, 2.05) is 26.0 Å². The Kier molecular flexibility index (Phi) is 26.5. The highest BCUT2D eigenvalue weighted by Gasteiger charge is 2.64. The van der Waals surface area contributed by atoms with Crippen LogP contribution in [0.2, 0.25) is 5.02 Å². The summed E-state index contributed by atoms with van der Waals surface area (Å²) in [5, 5.41) is 20.4. The largest absolute Gasteiger partial charge is 0.457 e. The van der Waals surface area contributed by atoms with E-state index in [2.05, 4.69) is 38.5 Å². The molecule has 2 fully saturated rings. The number of nitrogens with one attached hydrogen (secondary N) is 3. The number of epoxide rings is 1. The lowest BCUT2D eigenvalue weighted by atomic mass is 9.83. The van der Waals surface area contributed by atoms with Crippen LogP contribution in [0.5, 0.6) is 0 Å². The highest BCUT2D eigenvalue weighted by Crippen LogP contribution is 2.49. The van der Waals surface area contributed by atoms with Crippen molar-refractivity contribution in [3.8, 4) is 0 Å². The molecule has 3 aliphatic rings. The Morgan fingerprint density at radius 1 is 1.03 bits per heavy atom. The topological polar surface area (TPSA) is 317 Å². The van der Waals surface area contributed by atoms with E-state index in [0.29, 0.717) is 59.3 Å². The number of aliphatic hydroxyl groups is 1. The molecule has 0 aromatic heterocycles. The summed E-state index contributed by atoms with van der Waals surface area (Å²) in [5.74, 6) is -5.44. The minimum atomic E-state index is -4.18. The van der Waals surface area contributed by atoms with Crippen molar-refractivity contribution in [1.29, 1.82) is 0 Å². The van der Waals surface area contributed by atoms with Gasteiger partial charge in [-0.1, -0.05) is 104 Å². The van der Waals surface area contributed by atoms with Gasteiger partial charge in [-0.15, -0.1) is 0 Å². The third-order valence-electron chi connectivity index (χ3n) is 17.0. The van der Waals surface area contributed by atoms with Gasteiger partial charge in [-0.3, -0.25) is 34.1 Å². The van der Waals surface area contributed by atoms with Crippen LogP contribution in [0.15, 0.2) is 71.2 Å². The second-order valence-corrected chi connectivity index (χ2v) is 27.3. The first-order chi connectivity index (χ1) is 41.6. The predicted molar refractivity (Wildman–Crippen MR) is 339 cm³/mol. The number of primary amides is 1. The Bertz CT molecular complexity index is 3190. The number of urea groups is 1. The summed E-state index contributed by atoms with van der Waals surface area (Å²) in [7, 11) is 0.0532. The van der Waals surface area contributed by atoms with Crippen LogP contribution < -0.4 is 26.6 Å². The fourth-order valence-electron chi connectivity index (χ4n) is 11.2. The molecule has 6 N–H and O–H groups in total. The number of amides is 6. The minimum absolute atomic E-state index is 0.000271. The van der Waals surface area contributed by atoms with Crippen molar-refractivity contribution in [2.24, 2.45) is 23.5 Å². The molecule has 25 heteroatoms. The zero-order valence-electron chi connectivity index (χ0n) is 52.8. The average Bonchev–Trinajstić information content (AvgIpc) is 1.64. The average molecular weight is 1340 g/mol. The van der Waals surface area contributed by atoms with Gasteiger partial charge in [-0.2, -0.15) is 0 Å². The normalized spacial score (nSPS) is 24.1. The highest BCUT2D eigenvalue weighted by atomic mass is 79.9. The molecule has 10 atom stereocenters. The maximum Gasteiger partial charge on any atom is 0.409 e. The van der Waals surface area contributed by atoms with Crippen LogP contribution >= 0.6 is 27.5 Å². The fourth-order valence-corrected chi connectivity index (χ4v) is 12.7. The van der Waals surface area contributed by atoms with E-state index >= 15 is 0 Å². The molecule has 6 amide bonds. The number of rotatable bonds is 27. The number of fused-ring (bicyclic) bond motifs is 5.